The second-order valence-corrected chi connectivity index (χ2v) is 5.80. The summed E-state index contributed by atoms with van der Waals surface area (Å²) in [5, 5.41) is 11.1. The molecule has 2 rings (SSSR count). The number of rotatable bonds is 5. The summed E-state index contributed by atoms with van der Waals surface area (Å²) in [5.74, 6) is 0.0227. The number of benzene rings is 2. The standard InChI is InChI=1S/C15H11BrClNO5/c1-9(22-14-7-2-10(17)8-13(14)16)15(19)23-12-5-3-11(4-6-12)18(20)21/h2-9H,1H3. The summed E-state index contributed by atoms with van der Waals surface area (Å²) in [6, 6.07) is 10.1. The molecule has 0 saturated heterocycles. The highest BCUT2D eigenvalue weighted by Crippen LogP contribution is 2.29. The predicted octanol–water partition coefficient (Wildman–Crippen LogP) is 4.38. The highest BCUT2D eigenvalue weighted by Gasteiger charge is 2.19. The van der Waals surface area contributed by atoms with Gasteiger partial charge in [-0.1, -0.05) is 11.6 Å². The first kappa shape index (κ1) is 17.2. The molecule has 2 aromatic carbocycles. The van der Waals surface area contributed by atoms with Gasteiger partial charge in [-0.15, -0.1) is 0 Å². The van der Waals surface area contributed by atoms with Crippen LogP contribution in [0.1, 0.15) is 6.92 Å². The fourth-order valence-corrected chi connectivity index (χ4v) is 2.42. The Balaban J connectivity index is 2.00. The molecule has 120 valence electrons. The van der Waals surface area contributed by atoms with Crippen molar-refractivity contribution in [1.82, 2.24) is 0 Å². The van der Waals surface area contributed by atoms with Crippen molar-refractivity contribution in [2.75, 3.05) is 0 Å². The molecule has 1 unspecified atom stereocenters. The Hall–Kier alpha value is -2.12. The fraction of sp³-hybridized carbons (Fsp3) is 0.133. The van der Waals surface area contributed by atoms with E-state index in [0.717, 1.165) is 0 Å². The van der Waals surface area contributed by atoms with Crippen molar-refractivity contribution in [3.05, 3.63) is 62.1 Å². The van der Waals surface area contributed by atoms with E-state index in [9.17, 15) is 14.9 Å². The largest absolute Gasteiger partial charge is 0.478 e. The molecular formula is C15H11BrClNO5. The summed E-state index contributed by atoms with van der Waals surface area (Å²) in [5.41, 5.74) is -0.0841. The molecule has 0 aromatic heterocycles. The van der Waals surface area contributed by atoms with E-state index in [1.165, 1.54) is 31.2 Å². The van der Waals surface area contributed by atoms with Crippen LogP contribution in [0.5, 0.6) is 11.5 Å². The van der Waals surface area contributed by atoms with Crippen molar-refractivity contribution in [3.8, 4) is 11.5 Å². The number of nitro benzene ring substituents is 1. The Bertz CT molecular complexity index is 735. The number of nitrogens with zero attached hydrogens (tertiary/aromatic N) is 1. The second kappa shape index (κ2) is 7.43. The van der Waals surface area contributed by atoms with Gasteiger partial charge in [-0.25, -0.2) is 4.79 Å². The third-order valence-electron chi connectivity index (χ3n) is 2.80. The van der Waals surface area contributed by atoms with E-state index < -0.39 is 17.0 Å². The summed E-state index contributed by atoms with van der Waals surface area (Å²) in [4.78, 5) is 22.0. The zero-order valence-electron chi connectivity index (χ0n) is 11.9. The fourth-order valence-electron chi connectivity index (χ4n) is 1.64. The lowest BCUT2D eigenvalue weighted by Gasteiger charge is -2.15. The van der Waals surface area contributed by atoms with Crippen molar-refractivity contribution in [1.29, 1.82) is 0 Å². The van der Waals surface area contributed by atoms with Crippen LogP contribution >= 0.6 is 27.5 Å². The first-order valence-electron chi connectivity index (χ1n) is 6.44. The molecule has 0 bridgehead atoms. The summed E-state index contributed by atoms with van der Waals surface area (Å²) >= 11 is 9.12. The minimum Gasteiger partial charge on any atom is -0.478 e. The molecule has 0 amide bonds. The molecule has 0 aliphatic rings. The van der Waals surface area contributed by atoms with E-state index in [2.05, 4.69) is 15.9 Å². The van der Waals surface area contributed by atoms with Gasteiger partial charge in [-0.05, 0) is 53.2 Å². The summed E-state index contributed by atoms with van der Waals surface area (Å²) in [6.45, 7) is 1.54. The number of nitro groups is 1. The topological polar surface area (TPSA) is 78.7 Å². The normalized spacial score (nSPS) is 11.6. The average molecular weight is 401 g/mol. The lowest BCUT2D eigenvalue weighted by Crippen LogP contribution is -2.28. The van der Waals surface area contributed by atoms with Crippen molar-refractivity contribution in [2.24, 2.45) is 0 Å². The molecule has 0 aliphatic carbocycles. The van der Waals surface area contributed by atoms with Gasteiger partial charge in [-0.3, -0.25) is 10.1 Å². The number of esters is 1. The van der Waals surface area contributed by atoms with Crippen LogP contribution in [0.3, 0.4) is 0 Å². The number of hydrogen-bond acceptors (Lipinski definition) is 5. The van der Waals surface area contributed by atoms with Crippen LogP contribution in [0, 0.1) is 10.1 Å². The van der Waals surface area contributed by atoms with Crippen molar-refractivity contribution in [3.63, 3.8) is 0 Å². The Labute approximate surface area is 145 Å². The maximum atomic E-state index is 12.0. The minimum absolute atomic E-state index is 0.0841. The molecular weight excluding hydrogens is 390 g/mol. The number of carbonyl (C=O) groups is 1. The monoisotopic (exact) mass is 399 g/mol. The molecule has 0 radical (unpaired) electrons. The summed E-state index contributed by atoms with van der Waals surface area (Å²) < 4.78 is 11.2. The zero-order chi connectivity index (χ0) is 17.0. The van der Waals surface area contributed by atoms with Gasteiger partial charge in [0.1, 0.15) is 11.5 Å². The third-order valence-corrected chi connectivity index (χ3v) is 3.65. The van der Waals surface area contributed by atoms with E-state index in [1.807, 2.05) is 0 Å². The van der Waals surface area contributed by atoms with E-state index in [0.29, 0.717) is 15.2 Å². The van der Waals surface area contributed by atoms with Crippen molar-refractivity contribution >= 4 is 39.2 Å². The highest BCUT2D eigenvalue weighted by molar-refractivity contribution is 9.10. The molecule has 8 heteroatoms. The van der Waals surface area contributed by atoms with Gasteiger partial charge in [0.05, 0.1) is 9.40 Å². The molecule has 0 fully saturated rings. The maximum absolute atomic E-state index is 12.0. The molecule has 23 heavy (non-hydrogen) atoms. The van der Waals surface area contributed by atoms with Crippen molar-refractivity contribution < 1.29 is 19.2 Å². The summed E-state index contributed by atoms with van der Waals surface area (Å²) in [7, 11) is 0. The van der Waals surface area contributed by atoms with E-state index in [1.54, 1.807) is 18.2 Å². The average Bonchev–Trinajstić information content (AvgIpc) is 2.50. The quantitative estimate of drug-likeness (QED) is 0.322. The van der Waals surface area contributed by atoms with Gasteiger partial charge in [0, 0.05) is 17.2 Å². The molecule has 1 atom stereocenters. The number of carbonyl (C=O) groups excluding carboxylic acids is 1. The smallest absolute Gasteiger partial charge is 0.352 e. The number of non-ortho nitro benzene ring substituents is 1. The van der Waals surface area contributed by atoms with E-state index in [-0.39, 0.29) is 11.4 Å². The van der Waals surface area contributed by atoms with Gasteiger partial charge in [0.25, 0.3) is 5.69 Å². The number of halogens is 2. The van der Waals surface area contributed by atoms with Gasteiger partial charge in [0.15, 0.2) is 6.10 Å². The Kier molecular flexibility index (Phi) is 5.57. The molecule has 2 aromatic rings. The van der Waals surface area contributed by atoms with Gasteiger partial charge >= 0.3 is 5.97 Å². The Morgan fingerprint density at radius 3 is 2.48 bits per heavy atom. The van der Waals surface area contributed by atoms with Gasteiger partial charge < -0.3 is 9.47 Å². The van der Waals surface area contributed by atoms with Crippen LogP contribution in [-0.2, 0) is 4.79 Å². The van der Waals surface area contributed by atoms with Crippen LogP contribution in [0.4, 0.5) is 5.69 Å². The van der Waals surface area contributed by atoms with Crippen LogP contribution in [0.25, 0.3) is 0 Å². The lowest BCUT2D eigenvalue weighted by molar-refractivity contribution is -0.384. The SMILES string of the molecule is CC(Oc1ccc(Cl)cc1Br)C(=O)Oc1ccc([N+](=O)[O-])cc1. The number of hydrogen-bond donors (Lipinski definition) is 0. The molecule has 0 aliphatic heterocycles. The van der Waals surface area contributed by atoms with Crippen LogP contribution < -0.4 is 9.47 Å². The van der Waals surface area contributed by atoms with Gasteiger partial charge in [0.2, 0.25) is 0 Å². The first-order valence-corrected chi connectivity index (χ1v) is 7.62. The summed E-state index contributed by atoms with van der Waals surface area (Å²) in [6.07, 6.45) is -0.873. The molecule has 0 saturated carbocycles. The van der Waals surface area contributed by atoms with Crippen LogP contribution in [0.15, 0.2) is 46.9 Å². The predicted molar refractivity (Wildman–Crippen MR) is 88.0 cm³/mol. The molecule has 0 heterocycles. The maximum Gasteiger partial charge on any atom is 0.352 e. The Morgan fingerprint density at radius 1 is 1.26 bits per heavy atom. The zero-order valence-corrected chi connectivity index (χ0v) is 14.2. The first-order chi connectivity index (χ1) is 10.9. The minimum atomic E-state index is -0.873. The second-order valence-electron chi connectivity index (χ2n) is 4.51. The molecule has 6 nitrogen and oxygen atoms in total. The van der Waals surface area contributed by atoms with Gasteiger partial charge in [-0.2, -0.15) is 0 Å². The van der Waals surface area contributed by atoms with Crippen LogP contribution in [-0.4, -0.2) is 17.0 Å². The van der Waals surface area contributed by atoms with Crippen molar-refractivity contribution in [2.45, 2.75) is 13.0 Å². The molecule has 0 spiro atoms. The Morgan fingerprint density at radius 2 is 1.91 bits per heavy atom. The lowest BCUT2D eigenvalue weighted by atomic mass is 10.3. The number of ether oxygens (including phenoxy) is 2. The molecule has 0 N–H and O–H groups in total. The highest BCUT2D eigenvalue weighted by atomic mass is 79.9. The third kappa shape index (κ3) is 4.67. The van der Waals surface area contributed by atoms with E-state index in [4.69, 9.17) is 21.1 Å². The van der Waals surface area contributed by atoms with E-state index >= 15 is 0 Å². The van der Waals surface area contributed by atoms with Crippen LogP contribution in [0.2, 0.25) is 5.02 Å².